The minimum absolute atomic E-state index is 0.00703. The van der Waals surface area contributed by atoms with Gasteiger partial charge in [-0.05, 0) is 99.4 Å². The Hall–Kier alpha value is -6.87. The molecule has 1 aliphatic carbocycles. The number of ether oxygens (including phenoxy) is 3. The van der Waals surface area contributed by atoms with Gasteiger partial charge in [0.05, 0.1) is 57.1 Å². The lowest BCUT2D eigenvalue weighted by atomic mass is 9.82. The molecule has 18 nitrogen and oxygen atoms in total. The number of nitrogens with zero attached hydrogens (tertiary/aromatic N) is 5. The van der Waals surface area contributed by atoms with Crippen molar-refractivity contribution < 1.29 is 60.4 Å². The first-order valence-electron chi connectivity index (χ1n) is 25.8. The van der Waals surface area contributed by atoms with Crippen LogP contribution >= 0.6 is 0 Å². The number of carbonyl (C=O) groups is 4. The summed E-state index contributed by atoms with van der Waals surface area (Å²) in [5.41, 5.74) is 5.81. The molecule has 3 aromatic rings. The van der Waals surface area contributed by atoms with Crippen molar-refractivity contribution in [3.05, 3.63) is 100 Å². The van der Waals surface area contributed by atoms with Crippen LogP contribution in [-0.4, -0.2) is 152 Å². The van der Waals surface area contributed by atoms with E-state index in [1.54, 1.807) is 51.2 Å². The van der Waals surface area contributed by atoms with Crippen molar-refractivity contribution >= 4 is 41.7 Å². The van der Waals surface area contributed by atoms with E-state index in [0.717, 1.165) is 89.2 Å². The molecule has 3 saturated heterocycles. The number of nitrogens with two attached hydrogens (primary N) is 1. The van der Waals surface area contributed by atoms with Gasteiger partial charge in [0, 0.05) is 78.6 Å². The van der Waals surface area contributed by atoms with Gasteiger partial charge in [-0.3, -0.25) is 24.9 Å². The Labute approximate surface area is 450 Å². The molecule has 4 heterocycles. The highest BCUT2D eigenvalue weighted by molar-refractivity contribution is 5.87. The molecule has 3 unspecified atom stereocenters. The lowest BCUT2D eigenvalue weighted by Crippen LogP contribution is -2.63. The fraction of sp³-hybridized carbons (Fsp3) is 0.527. The Bertz CT molecular complexity index is 2720. The highest BCUT2D eigenvalue weighted by atomic mass is 19.4. The quantitative estimate of drug-likeness (QED) is 0.0386. The SMILES string of the molecule is COC(=O)NC(C(=O)N[C@@H](Cc1ccc(C#Cc2ccc(N3CC4CCC(C3)N4C3COC3)nc2)cc1)[C@@H](O)CN(Cc1c(F)cc(C(N)=CC=NC2CC2)cc1F)NC(=O)[C@@H](NC(=O)OC)C(C)(C)C)C(C)(C)C(F)(F)F. The number of fused-ring (bicyclic) bond motifs is 2. The van der Waals surface area contributed by atoms with Crippen molar-refractivity contribution in [1.82, 2.24) is 36.3 Å². The zero-order valence-electron chi connectivity index (χ0n) is 44.8. The maximum atomic E-state index is 16.1. The number of allylic oxidation sites excluding steroid dienone is 1. The van der Waals surface area contributed by atoms with Gasteiger partial charge in [0.1, 0.15) is 29.5 Å². The van der Waals surface area contributed by atoms with Crippen LogP contribution in [0.5, 0.6) is 0 Å². The average Bonchev–Trinajstić information content (AvgIpc) is 4.21. The summed E-state index contributed by atoms with van der Waals surface area (Å²) >= 11 is 0. The molecule has 23 heteroatoms. The van der Waals surface area contributed by atoms with Gasteiger partial charge < -0.3 is 45.9 Å². The van der Waals surface area contributed by atoms with Gasteiger partial charge in [-0.15, -0.1) is 0 Å². The number of amides is 4. The van der Waals surface area contributed by atoms with Gasteiger partial charge >= 0.3 is 18.4 Å². The van der Waals surface area contributed by atoms with E-state index in [0.29, 0.717) is 48.7 Å². The van der Waals surface area contributed by atoms with Crippen molar-refractivity contribution in [2.24, 2.45) is 21.6 Å². The van der Waals surface area contributed by atoms with Crippen molar-refractivity contribution in [1.29, 1.82) is 0 Å². The molecule has 1 saturated carbocycles. The first-order valence-corrected chi connectivity index (χ1v) is 25.8. The van der Waals surface area contributed by atoms with Crippen LogP contribution in [0.2, 0.25) is 0 Å². The molecule has 2 bridgehead atoms. The monoisotopic (exact) mass is 1090 g/mol. The number of carbonyl (C=O) groups excluding carboxylic acids is 4. The molecule has 78 heavy (non-hydrogen) atoms. The second-order valence-corrected chi connectivity index (χ2v) is 21.8. The van der Waals surface area contributed by atoms with E-state index in [-0.39, 0.29) is 23.7 Å². The number of rotatable bonds is 19. The average molecular weight is 1090 g/mol. The number of alkyl carbamates (subject to hydrolysis) is 2. The molecule has 7 rings (SSSR count). The van der Waals surface area contributed by atoms with Gasteiger partial charge in [0.15, 0.2) is 0 Å². The van der Waals surface area contributed by atoms with Crippen molar-refractivity contribution in [3.63, 3.8) is 0 Å². The lowest BCUT2D eigenvalue weighted by molar-refractivity contribution is -0.220. The summed E-state index contributed by atoms with van der Waals surface area (Å²) in [5, 5.41) is 20.0. The zero-order valence-corrected chi connectivity index (χ0v) is 44.8. The van der Waals surface area contributed by atoms with E-state index in [4.69, 9.17) is 20.2 Å². The number of nitrogens with one attached hydrogen (secondary N) is 4. The fourth-order valence-electron chi connectivity index (χ4n) is 9.60. The summed E-state index contributed by atoms with van der Waals surface area (Å²) in [6.45, 7) is 8.08. The summed E-state index contributed by atoms with van der Waals surface area (Å²) in [7, 11) is 1.98. The number of aromatic nitrogens is 1. The number of aliphatic hydroxyl groups excluding tert-OH is 1. The number of halogens is 5. The van der Waals surface area contributed by atoms with Gasteiger partial charge in [0.25, 0.3) is 5.91 Å². The van der Waals surface area contributed by atoms with E-state index < -0.39 is 95.5 Å². The van der Waals surface area contributed by atoms with Crippen LogP contribution in [0.15, 0.2) is 65.8 Å². The molecule has 4 aliphatic rings. The number of pyridine rings is 1. The van der Waals surface area contributed by atoms with Crippen molar-refractivity contribution in [3.8, 4) is 11.8 Å². The van der Waals surface area contributed by atoms with Crippen LogP contribution in [0.25, 0.3) is 5.70 Å². The third kappa shape index (κ3) is 14.8. The van der Waals surface area contributed by atoms with Gasteiger partial charge in [-0.2, -0.15) is 13.2 Å². The molecule has 0 spiro atoms. The smallest absolute Gasteiger partial charge is 0.407 e. The highest BCUT2D eigenvalue weighted by Gasteiger charge is 2.56. The molecule has 4 fully saturated rings. The predicted molar refractivity (Wildman–Crippen MR) is 280 cm³/mol. The maximum absolute atomic E-state index is 16.1. The number of alkyl halides is 3. The van der Waals surface area contributed by atoms with Crippen LogP contribution in [-0.2, 0) is 36.8 Å². The van der Waals surface area contributed by atoms with E-state index in [1.807, 2.05) is 17.4 Å². The zero-order chi connectivity index (χ0) is 56.7. The minimum atomic E-state index is -5.06. The Balaban J connectivity index is 1.15. The number of methoxy groups -OCH3 is 2. The molecule has 7 N–H and O–H groups in total. The number of benzene rings is 2. The number of hydrogen-bond acceptors (Lipinski definition) is 14. The molecule has 1 aromatic heterocycles. The van der Waals surface area contributed by atoms with E-state index >= 15 is 8.78 Å². The van der Waals surface area contributed by atoms with Crippen molar-refractivity contribution in [2.75, 3.05) is 52.0 Å². The Morgan fingerprint density at radius 3 is 1.97 bits per heavy atom. The third-order valence-corrected chi connectivity index (χ3v) is 14.5. The lowest BCUT2D eigenvalue weighted by Gasteiger charge is -2.47. The van der Waals surface area contributed by atoms with Crippen LogP contribution in [0.1, 0.15) is 88.1 Å². The topological polar surface area (TPSA) is 225 Å². The van der Waals surface area contributed by atoms with Gasteiger partial charge in [-0.25, -0.2) is 28.4 Å². The summed E-state index contributed by atoms with van der Waals surface area (Å²) < 4.78 is 90.7. The fourth-order valence-corrected chi connectivity index (χ4v) is 9.60. The second kappa shape index (κ2) is 24.9. The molecule has 0 radical (unpaired) electrons. The number of hydrogen-bond donors (Lipinski definition) is 6. The van der Waals surface area contributed by atoms with Crippen LogP contribution in [0.3, 0.4) is 0 Å². The number of aliphatic imine (C=N–C) groups is 1. The molecule has 422 valence electrons. The number of piperazine rings is 1. The third-order valence-electron chi connectivity index (χ3n) is 14.5. The first kappa shape index (κ1) is 58.8. The Kier molecular flexibility index (Phi) is 18.7. The number of aliphatic hydroxyl groups is 1. The molecule has 2 aromatic carbocycles. The summed E-state index contributed by atoms with van der Waals surface area (Å²) in [6, 6.07) is 8.77. The number of anilines is 1. The largest absolute Gasteiger partial charge is 0.453 e. The summed E-state index contributed by atoms with van der Waals surface area (Å²) in [5.74, 6) is 2.59. The summed E-state index contributed by atoms with van der Waals surface area (Å²) in [4.78, 5) is 67.0. The van der Waals surface area contributed by atoms with Gasteiger partial charge in [-0.1, -0.05) is 44.7 Å². The van der Waals surface area contributed by atoms with E-state index in [9.17, 15) is 37.5 Å². The Morgan fingerprint density at radius 2 is 1.45 bits per heavy atom. The van der Waals surface area contributed by atoms with Crippen LogP contribution < -0.4 is 32.0 Å². The molecular weight excluding hydrogens is 1020 g/mol. The Morgan fingerprint density at radius 1 is 0.859 bits per heavy atom. The highest BCUT2D eigenvalue weighted by Crippen LogP contribution is 2.41. The summed E-state index contributed by atoms with van der Waals surface area (Å²) in [6.07, 6.45) is -0.823. The van der Waals surface area contributed by atoms with Crippen LogP contribution in [0, 0.1) is 34.3 Å². The first-order chi connectivity index (χ1) is 36.8. The van der Waals surface area contributed by atoms with Gasteiger partial charge in [0.2, 0.25) is 5.91 Å². The van der Waals surface area contributed by atoms with E-state index in [2.05, 4.69) is 47.4 Å². The number of hydrazine groups is 1. The molecule has 3 aliphatic heterocycles. The van der Waals surface area contributed by atoms with E-state index in [1.165, 1.54) is 12.3 Å². The molecule has 4 amide bonds. The minimum Gasteiger partial charge on any atom is -0.453 e. The molecule has 6 atom stereocenters. The molecular formula is C55H69F5N10O8. The maximum Gasteiger partial charge on any atom is 0.407 e. The second-order valence-electron chi connectivity index (χ2n) is 21.8. The van der Waals surface area contributed by atoms with Crippen molar-refractivity contribution in [2.45, 2.75) is 128 Å². The predicted octanol–water partition coefficient (Wildman–Crippen LogP) is 5.35. The van der Waals surface area contributed by atoms with Crippen LogP contribution in [0.4, 0.5) is 37.4 Å². The standard InChI is InChI=1S/C55H69F5N10O8/c1-53(2,3)47(65-51(74)76-6)50(73)67-69(28-40-41(56)23-35(24-42(40)57)43(61)20-21-62-36-15-16-36)29-45(71)44(64-49(72)48(66-52(75)77-7)54(4,5)55(58,59)60)22-33-11-8-32(9-12-33)10-13-34-14-19-46(63-25-34)68-26-37-17-18-38(27-68)70(37)39-30-78-31-39/h8-9,11-12,14,19-21,23-25,36-39,44-45,47-48,71H,15-18,22,26-31,61H2,1-7H3,(H,64,72)(H,65,74)(H,66,75)(H,67,73)/t37?,38?,44-,45-,47+,48?/m0/s1. The normalized spacial score (nSPS) is 19.7.